The van der Waals surface area contributed by atoms with E-state index in [-0.39, 0.29) is 17.4 Å². The number of carbonyl (C=O) groups is 1. The fourth-order valence-corrected chi connectivity index (χ4v) is 2.79. The number of likely N-dealkylation sites (tertiary alicyclic amines) is 1. The van der Waals surface area contributed by atoms with Crippen molar-refractivity contribution in [3.05, 3.63) is 51.8 Å². The zero-order valence-electron chi connectivity index (χ0n) is 12.9. The largest absolute Gasteiger partial charge is 0.346 e. The van der Waals surface area contributed by atoms with Crippen LogP contribution in [-0.2, 0) is 0 Å². The number of carbonyl (C=O) groups excluding carboxylic acids is 1. The second-order valence-corrected chi connectivity index (χ2v) is 5.80. The Morgan fingerprint density at radius 1 is 1.22 bits per heavy atom. The third kappa shape index (κ3) is 3.31. The molecule has 0 atom stereocenters. The average molecular weight is 315 g/mol. The standard InChI is InChI=1S/C17H18FN3O2/c1-11-9-12(5-6-13(11)18)14-10-15(20-17(23)19-14)16(22)21-7-3-2-4-8-21/h5-6,9-10H,2-4,7-8H2,1H3,(H,19,20,23). The minimum absolute atomic E-state index is 0.190. The second-order valence-electron chi connectivity index (χ2n) is 5.80. The Morgan fingerprint density at radius 3 is 2.65 bits per heavy atom. The molecule has 0 spiro atoms. The van der Waals surface area contributed by atoms with Crippen molar-refractivity contribution in [3.8, 4) is 11.3 Å². The predicted octanol–water partition coefficient (Wildman–Crippen LogP) is 2.51. The molecule has 1 amide bonds. The number of H-pyrrole nitrogens is 1. The minimum atomic E-state index is -0.579. The monoisotopic (exact) mass is 315 g/mol. The molecule has 1 aromatic carbocycles. The quantitative estimate of drug-likeness (QED) is 0.926. The summed E-state index contributed by atoms with van der Waals surface area (Å²) in [6.07, 6.45) is 3.08. The molecule has 6 heteroatoms. The van der Waals surface area contributed by atoms with Gasteiger partial charge in [-0.1, -0.05) is 0 Å². The summed E-state index contributed by atoms with van der Waals surface area (Å²) in [5, 5.41) is 0. The van der Waals surface area contributed by atoms with Crippen LogP contribution >= 0.6 is 0 Å². The molecule has 1 saturated heterocycles. The van der Waals surface area contributed by atoms with Crippen molar-refractivity contribution in [1.82, 2.24) is 14.9 Å². The van der Waals surface area contributed by atoms with Crippen LogP contribution in [0.5, 0.6) is 0 Å². The Labute approximate surface area is 133 Å². The lowest BCUT2D eigenvalue weighted by atomic mass is 10.1. The highest BCUT2D eigenvalue weighted by molar-refractivity contribution is 5.93. The molecule has 2 aromatic rings. The number of nitrogens with zero attached hydrogens (tertiary/aromatic N) is 2. The van der Waals surface area contributed by atoms with Crippen molar-refractivity contribution < 1.29 is 9.18 Å². The summed E-state index contributed by atoms with van der Waals surface area (Å²) in [5.74, 6) is -0.507. The number of benzene rings is 1. The molecule has 1 aliphatic rings. The maximum absolute atomic E-state index is 13.4. The van der Waals surface area contributed by atoms with Gasteiger partial charge in [-0.25, -0.2) is 9.18 Å². The minimum Gasteiger partial charge on any atom is -0.337 e. The summed E-state index contributed by atoms with van der Waals surface area (Å²) < 4.78 is 13.4. The zero-order valence-corrected chi connectivity index (χ0v) is 12.9. The summed E-state index contributed by atoms with van der Waals surface area (Å²) in [5.41, 5.74) is 1.10. The average Bonchev–Trinajstić information content (AvgIpc) is 2.57. The third-order valence-electron chi connectivity index (χ3n) is 4.07. The Bertz CT molecular complexity index is 795. The molecule has 2 heterocycles. The summed E-state index contributed by atoms with van der Waals surface area (Å²) in [7, 11) is 0. The molecule has 5 nitrogen and oxygen atoms in total. The van der Waals surface area contributed by atoms with Crippen LogP contribution in [0.2, 0.25) is 0 Å². The Kier molecular flexibility index (Phi) is 4.23. The molecule has 0 aliphatic carbocycles. The highest BCUT2D eigenvalue weighted by Crippen LogP contribution is 2.20. The van der Waals surface area contributed by atoms with Crippen molar-refractivity contribution in [2.75, 3.05) is 13.1 Å². The first kappa shape index (κ1) is 15.4. The molecular weight excluding hydrogens is 297 g/mol. The number of rotatable bonds is 2. The van der Waals surface area contributed by atoms with Gasteiger partial charge in [0.2, 0.25) is 0 Å². The van der Waals surface area contributed by atoms with Gasteiger partial charge in [0.15, 0.2) is 0 Å². The van der Waals surface area contributed by atoms with Crippen LogP contribution in [0.4, 0.5) is 4.39 Å². The number of hydrogen-bond acceptors (Lipinski definition) is 3. The molecule has 0 bridgehead atoms. The molecule has 1 N–H and O–H groups in total. The highest BCUT2D eigenvalue weighted by atomic mass is 19.1. The van der Waals surface area contributed by atoms with Gasteiger partial charge in [0, 0.05) is 18.7 Å². The molecule has 1 fully saturated rings. The maximum atomic E-state index is 13.4. The number of amides is 1. The fraction of sp³-hybridized carbons (Fsp3) is 0.353. The number of hydrogen-bond donors (Lipinski definition) is 1. The normalized spacial score (nSPS) is 14.8. The van der Waals surface area contributed by atoms with Gasteiger partial charge in [0.05, 0.1) is 5.69 Å². The SMILES string of the molecule is Cc1cc(-c2cc(C(=O)N3CCCCC3)[nH]c(=O)n2)ccc1F. The van der Waals surface area contributed by atoms with E-state index in [4.69, 9.17) is 0 Å². The fourth-order valence-electron chi connectivity index (χ4n) is 2.79. The van der Waals surface area contributed by atoms with E-state index in [1.54, 1.807) is 30.0 Å². The lowest BCUT2D eigenvalue weighted by Gasteiger charge is -2.26. The van der Waals surface area contributed by atoms with Gasteiger partial charge < -0.3 is 9.88 Å². The second kappa shape index (κ2) is 6.32. The number of piperidine rings is 1. The van der Waals surface area contributed by atoms with Crippen molar-refractivity contribution in [2.24, 2.45) is 0 Å². The first-order valence-electron chi connectivity index (χ1n) is 7.72. The Morgan fingerprint density at radius 2 is 1.96 bits per heavy atom. The van der Waals surface area contributed by atoms with Gasteiger partial charge in [-0.05, 0) is 56.0 Å². The van der Waals surface area contributed by atoms with Crippen LogP contribution in [-0.4, -0.2) is 33.9 Å². The van der Waals surface area contributed by atoms with Gasteiger partial charge in [0.25, 0.3) is 5.91 Å². The van der Waals surface area contributed by atoms with E-state index >= 15 is 0 Å². The number of aromatic amines is 1. The summed E-state index contributed by atoms with van der Waals surface area (Å²) in [6, 6.07) is 6.07. The summed E-state index contributed by atoms with van der Waals surface area (Å²) in [6.45, 7) is 3.05. The predicted molar refractivity (Wildman–Crippen MR) is 84.7 cm³/mol. The van der Waals surface area contributed by atoms with E-state index in [1.165, 1.54) is 6.07 Å². The van der Waals surface area contributed by atoms with Gasteiger partial charge in [-0.2, -0.15) is 4.98 Å². The van der Waals surface area contributed by atoms with Crippen molar-refractivity contribution in [3.63, 3.8) is 0 Å². The molecule has 0 unspecified atom stereocenters. The van der Waals surface area contributed by atoms with Crippen molar-refractivity contribution >= 4 is 5.91 Å². The Hall–Kier alpha value is -2.50. The van der Waals surface area contributed by atoms with Crippen LogP contribution in [0, 0.1) is 12.7 Å². The number of aryl methyl sites for hydroxylation is 1. The summed E-state index contributed by atoms with van der Waals surface area (Å²) in [4.78, 5) is 32.5. The van der Waals surface area contributed by atoms with Gasteiger partial charge in [-0.3, -0.25) is 4.79 Å². The van der Waals surface area contributed by atoms with E-state index in [1.807, 2.05) is 0 Å². The highest BCUT2D eigenvalue weighted by Gasteiger charge is 2.20. The topological polar surface area (TPSA) is 66.1 Å². The van der Waals surface area contributed by atoms with Crippen LogP contribution in [0.1, 0.15) is 35.3 Å². The molecule has 0 saturated carbocycles. The van der Waals surface area contributed by atoms with E-state index in [0.29, 0.717) is 29.9 Å². The molecule has 1 aliphatic heterocycles. The van der Waals surface area contributed by atoms with Gasteiger partial charge in [0.1, 0.15) is 11.5 Å². The number of nitrogens with one attached hydrogen (secondary N) is 1. The maximum Gasteiger partial charge on any atom is 0.346 e. The molecule has 23 heavy (non-hydrogen) atoms. The number of halogens is 1. The lowest BCUT2D eigenvalue weighted by Crippen LogP contribution is -2.37. The zero-order chi connectivity index (χ0) is 16.4. The smallest absolute Gasteiger partial charge is 0.337 e. The van der Waals surface area contributed by atoms with E-state index in [9.17, 15) is 14.0 Å². The first-order valence-corrected chi connectivity index (χ1v) is 7.72. The third-order valence-corrected chi connectivity index (χ3v) is 4.07. The molecule has 120 valence electrons. The van der Waals surface area contributed by atoms with Crippen LogP contribution in [0.25, 0.3) is 11.3 Å². The van der Waals surface area contributed by atoms with E-state index in [2.05, 4.69) is 9.97 Å². The molecule has 3 rings (SSSR count). The van der Waals surface area contributed by atoms with E-state index in [0.717, 1.165) is 19.3 Å². The van der Waals surface area contributed by atoms with Crippen molar-refractivity contribution in [2.45, 2.75) is 26.2 Å². The first-order chi connectivity index (χ1) is 11.0. The van der Waals surface area contributed by atoms with E-state index < -0.39 is 5.69 Å². The van der Waals surface area contributed by atoms with Gasteiger partial charge in [-0.15, -0.1) is 0 Å². The van der Waals surface area contributed by atoms with Crippen LogP contribution in [0.3, 0.4) is 0 Å². The van der Waals surface area contributed by atoms with Crippen molar-refractivity contribution in [1.29, 1.82) is 0 Å². The lowest BCUT2D eigenvalue weighted by molar-refractivity contribution is 0.0718. The molecule has 1 aromatic heterocycles. The molecular formula is C17H18FN3O2. The molecule has 0 radical (unpaired) electrons. The number of aromatic nitrogens is 2. The van der Waals surface area contributed by atoms with Crippen LogP contribution < -0.4 is 5.69 Å². The summed E-state index contributed by atoms with van der Waals surface area (Å²) >= 11 is 0. The van der Waals surface area contributed by atoms with Crippen LogP contribution in [0.15, 0.2) is 29.1 Å². The van der Waals surface area contributed by atoms with Gasteiger partial charge >= 0.3 is 5.69 Å². The Balaban J connectivity index is 1.97.